The number of carbonyl (C=O) groups excluding carboxylic acids is 4. The molecule has 12 nitrogen and oxygen atoms in total. The fourth-order valence-electron chi connectivity index (χ4n) is 3.54. The van der Waals surface area contributed by atoms with Crippen molar-refractivity contribution in [3.05, 3.63) is 49.1 Å². The molecule has 1 aromatic carbocycles. The summed E-state index contributed by atoms with van der Waals surface area (Å²) in [5, 5.41) is 13.9. The number of benzene rings is 1. The van der Waals surface area contributed by atoms with E-state index >= 15 is 0 Å². The lowest BCUT2D eigenvalue weighted by atomic mass is 10.1. The molecule has 0 aliphatic carbocycles. The molecule has 0 fully saturated rings. The van der Waals surface area contributed by atoms with Gasteiger partial charge in [-0.3, -0.25) is 19.7 Å². The third kappa shape index (κ3) is 7.10. The summed E-state index contributed by atoms with van der Waals surface area (Å²) in [5.41, 5.74) is 1.13. The molecule has 2 aromatic heterocycles. The fourth-order valence-corrected chi connectivity index (χ4v) is 6.39. The van der Waals surface area contributed by atoms with Crippen molar-refractivity contribution in [1.82, 2.24) is 4.57 Å². The van der Waals surface area contributed by atoms with Gasteiger partial charge in [0.2, 0.25) is 5.91 Å². The van der Waals surface area contributed by atoms with E-state index in [1.54, 1.807) is 31.4 Å². The molecule has 0 aliphatic rings. The highest BCUT2D eigenvalue weighted by molar-refractivity contribution is 8.00. The van der Waals surface area contributed by atoms with Gasteiger partial charge in [-0.2, -0.15) is 4.99 Å². The number of thioether (sulfide) groups is 1. The Labute approximate surface area is 235 Å². The van der Waals surface area contributed by atoms with Gasteiger partial charge in [0.15, 0.2) is 4.80 Å². The molecule has 0 radical (unpaired) electrons. The Morgan fingerprint density at radius 3 is 2.41 bits per heavy atom. The number of anilines is 1. The van der Waals surface area contributed by atoms with Crippen LogP contribution in [0.15, 0.2) is 23.2 Å². The van der Waals surface area contributed by atoms with Crippen LogP contribution >= 0.6 is 34.4 Å². The molecular weight excluding hydrogens is 568 g/mol. The van der Waals surface area contributed by atoms with Gasteiger partial charge >= 0.3 is 11.9 Å². The van der Waals surface area contributed by atoms with E-state index in [2.05, 4.69) is 10.3 Å². The molecular formula is C24H26N4O8S3. The largest absolute Gasteiger partial charge is 0.462 e. The smallest absolute Gasteiger partial charge is 0.348 e. The van der Waals surface area contributed by atoms with Gasteiger partial charge in [0.05, 0.1) is 45.4 Å². The van der Waals surface area contributed by atoms with Crippen LogP contribution < -0.4 is 10.1 Å². The highest BCUT2D eigenvalue weighted by Gasteiger charge is 2.27. The Kier molecular flexibility index (Phi) is 10.4. The van der Waals surface area contributed by atoms with E-state index in [0.29, 0.717) is 21.6 Å². The SMILES string of the molecule is CCOC(=O)c1sc(NC(=O)CSCC(=O)N=c2sc3cc([N+](=O)[O-])ccc3n2CC)c(C(=O)OCC)c1C. The minimum atomic E-state index is -0.670. The number of thiophene rings is 1. The normalized spacial score (nSPS) is 11.4. The zero-order valence-electron chi connectivity index (χ0n) is 21.6. The maximum absolute atomic E-state index is 12.6. The maximum Gasteiger partial charge on any atom is 0.348 e. The number of rotatable bonds is 11. The number of nitro benzene ring substituents is 1. The van der Waals surface area contributed by atoms with E-state index in [0.717, 1.165) is 28.6 Å². The first-order valence-corrected chi connectivity index (χ1v) is 14.6. The standard InChI is InChI=1S/C24H26N4O8S3/c1-5-27-15-9-8-14(28(33)34)10-16(15)38-24(27)26-18(30)12-37-11-17(29)25-21-19(22(31)35-6-2)13(4)20(39-21)23(32)36-7-3/h8-10H,5-7,11-12H2,1-4H3,(H,25,29). The number of hydrogen-bond acceptors (Lipinski definition) is 11. The first-order valence-electron chi connectivity index (χ1n) is 11.8. The number of thiazole rings is 1. The van der Waals surface area contributed by atoms with Crippen LogP contribution in [-0.4, -0.2) is 58.0 Å². The molecule has 0 aliphatic heterocycles. The third-order valence-corrected chi connectivity index (χ3v) is 8.36. The highest BCUT2D eigenvalue weighted by Crippen LogP contribution is 2.34. The van der Waals surface area contributed by atoms with E-state index in [1.165, 1.54) is 23.5 Å². The summed E-state index contributed by atoms with van der Waals surface area (Å²) in [6.07, 6.45) is 0. The van der Waals surface area contributed by atoms with Crippen LogP contribution in [0.2, 0.25) is 0 Å². The second-order valence-corrected chi connectivity index (χ2v) is 10.8. The van der Waals surface area contributed by atoms with E-state index in [9.17, 15) is 29.3 Å². The van der Waals surface area contributed by atoms with Gasteiger partial charge in [0.1, 0.15) is 9.88 Å². The zero-order valence-corrected chi connectivity index (χ0v) is 24.0. The molecule has 0 unspecified atom stereocenters. The Bertz CT molecular complexity index is 1500. The fraction of sp³-hybridized carbons (Fsp3) is 0.375. The molecule has 3 rings (SSSR count). The summed E-state index contributed by atoms with van der Waals surface area (Å²) in [6.45, 7) is 7.54. The van der Waals surface area contributed by atoms with Crippen LogP contribution in [-0.2, 0) is 25.6 Å². The predicted molar refractivity (Wildman–Crippen MR) is 150 cm³/mol. The monoisotopic (exact) mass is 594 g/mol. The summed E-state index contributed by atoms with van der Waals surface area (Å²) in [4.78, 5) is 65.2. The van der Waals surface area contributed by atoms with Gasteiger partial charge in [-0.05, 0) is 39.3 Å². The number of aryl methyl sites for hydroxylation is 1. The lowest BCUT2D eigenvalue weighted by Crippen LogP contribution is -2.18. The van der Waals surface area contributed by atoms with Crippen LogP contribution in [0.4, 0.5) is 10.7 Å². The Balaban J connectivity index is 1.70. The van der Waals surface area contributed by atoms with Gasteiger partial charge in [-0.1, -0.05) is 11.3 Å². The summed E-state index contributed by atoms with van der Waals surface area (Å²) >= 11 is 3.12. The average molecular weight is 595 g/mol. The molecule has 0 bridgehead atoms. The molecule has 39 heavy (non-hydrogen) atoms. The van der Waals surface area contributed by atoms with Crippen molar-refractivity contribution in [2.24, 2.45) is 4.99 Å². The number of esters is 2. The molecule has 2 amide bonds. The molecule has 0 spiro atoms. The van der Waals surface area contributed by atoms with Crippen LogP contribution in [0.1, 0.15) is 46.4 Å². The lowest BCUT2D eigenvalue weighted by Gasteiger charge is -2.07. The lowest BCUT2D eigenvalue weighted by molar-refractivity contribution is -0.384. The first kappa shape index (κ1) is 30.0. The number of aromatic nitrogens is 1. The number of nitrogens with zero attached hydrogens (tertiary/aromatic N) is 3. The number of carbonyl (C=O) groups is 4. The second-order valence-electron chi connectivity index (χ2n) is 7.79. The van der Waals surface area contributed by atoms with E-state index in [4.69, 9.17) is 9.47 Å². The summed E-state index contributed by atoms with van der Waals surface area (Å²) in [5.74, 6) is -2.42. The molecule has 0 atom stereocenters. The molecule has 3 aromatic rings. The third-order valence-electron chi connectivity index (χ3n) is 5.21. The second kappa shape index (κ2) is 13.5. The Morgan fingerprint density at radius 1 is 1.08 bits per heavy atom. The minimum Gasteiger partial charge on any atom is -0.462 e. The quantitative estimate of drug-likeness (QED) is 0.195. The van der Waals surface area contributed by atoms with Gasteiger partial charge in [-0.15, -0.1) is 23.1 Å². The number of nitrogens with one attached hydrogen (secondary N) is 1. The maximum atomic E-state index is 12.6. The molecule has 0 saturated carbocycles. The molecule has 208 valence electrons. The predicted octanol–water partition coefficient (Wildman–Crippen LogP) is 4.15. The number of hydrogen-bond donors (Lipinski definition) is 1. The number of fused-ring (bicyclic) bond motifs is 1. The highest BCUT2D eigenvalue weighted by atomic mass is 32.2. The summed E-state index contributed by atoms with van der Waals surface area (Å²) in [7, 11) is 0. The van der Waals surface area contributed by atoms with E-state index in [-0.39, 0.29) is 45.8 Å². The van der Waals surface area contributed by atoms with E-state index < -0.39 is 28.7 Å². The van der Waals surface area contributed by atoms with Gasteiger partial charge < -0.3 is 19.4 Å². The van der Waals surface area contributed by atoms with Crippen molar-refractivity contribution in [3.8, 4) is 0 Å². The molecule has 1 N–H and O–H groups in total. The van der Waals surface area contributed by atoms with Gasteiger partial charge in [0.25, 0.3) is 11.6 Å². The molecule has 0 saturated heterocycles. The van der Waals surface area contributed by atoms with Crippen LogP contribution in [0.25, 0.3) is 10.2 Å². The Hall–Kier alpha value is -3.56. The summed E-state index contributed by atoms with van der Waals surface area (Å²) in [6, 6.07) is 4.47. The first-order chi connectivity index (χ1) is 18.6. The van der Waals surface area contributed by atoms with Gasteiger partial charge in [-0.25, -0.2) is 9.59 Å². The Morgan fingerprint density at radius 2 is 1.77 bits per heavy atom. The average Bonchev–Trinajstić information content (AvgIpc) is 3.39. The number of non-ortho nitro benzene ring substituents is 1. The van der Waals surface area contributed by atoms with Crippen molar-refractivity contribution < 1.29 is 33.6 Å². The summed E-state index contributed by atoms with van der Waals surface area (Å²) < 4.78 is 12.5. The van der Waals surface area contributed by atoms with Crippen LogP contribution in [0, 0.1) is 17.0 Å². The van der Waals surface area contributed by atoms with E-state index in [1.807, 2.05) is 6.92 Å². The van der Waals surface area contributed by atoms with Crippen LogP contribution in [0.5, 0.6) is 0 Å². The number of nitro groups is 1. The van der Waals surface area contributed by atoms with Crippen molar-refractivity contribution in [1.29, 1.82) is 0 Å². The van der Waals surface area contributed by atoms with Crippen molar-refractivity contribution >= 4 is 79.1 Å². The molecule has 2 heterocycles. The minimum absolute atomic E-state index is 0.0483. The van der Waals surface area contributed by atoms with Gasteiger partial charge in [0, 0.05) is 18.7 Å². The van der Waals surface area contributed by atoms with Crippen molar-refractivity contribution in [2.45, 2.75) is 34.2 Å². The molecule has 15 heteroatoms. The van der Waals surface area contributed by atoms with Crippen molar-refractivity contribution in [2.75, 3.05) is 30.0 Å². The van der Waals surface area contributed by atoms with Crippen LogP contribution in [0.3, 0.4) is 0 Å². The number of ether oxygens (including phenoxy) is 2. The zero-order chi connectivity index (χ0) is 28.7. The number of amides is 2. The topological polar surface area (TPSA) is 159 Å². The van der Waals surface area contributed by atoms with Crippen molar-refractivity contribution in [3.63, 3.8) is 0 Å².